The molecule has 3 aliphatic rings. The van der Waals surface area contributed by atoms with Gasteiger partial charge in [-0.1, -0.05) is 54.6 Å². The van der Waals surface area contributed by atoms with Gasteiger partial charge in [0.15, 0.2) is 6.23 Å². The Morgan fingerprint density at radius 2 is 1.70 bits per heavy atom. The Morgan fingerprint density at radius 3 is 2.43 bits per heavy atom. The molecule has 2 heterocycles. The van der Waals surface area contributed by atoms with Gasteiger partial charge < -0.3 is 35.4 Å². The number of hydrogen-bond acceptors (Lipinski definition) is 8. The molecule has 9 heteroatoms. The number of benzene rings is 2. The first-order valence-corrected chi connectivity index (χ1v) is 15.2. The topological polar surface area (TPSA) is 121 Å². The van der Waals surface area contributed by atoms with E-state index in [1.54, 1.807) is 4.57 Å². The lowest BCUT2D eigenvalue weighted by Crippen LogP contribution is -2.44. The highest BCUT2D eigenvalue weighted by Gasteiger charge is 2.53. The molecule has 44 heavy (non-hydrogen) atoms. The number of aliphatic hydroxyl groups is 3. The molecule has 0 amide bonds. The monoisotopic (exact) mass is 596 g/mol. The summed E-state index contributed by atoms with van der Waals surface area (Å²) in [5, 5.41) is 38.3. The number of aromatic nitrogens is 2. The van der Waals surface area contributed by atoms with Gasteiger partial charge in [-0.25, -0.2) is 4.98 Å². The number of fused-ring (bicyclic) bond motifs is 2. The van der Waals surface area contributed by atoms with E-state index in [2.05, 4.69) is 53.1 Å². The van der Waals surface area contributed by atoms with E-state index in [9.17, 15) is 15.3 Å². The smallest absolute Gasteiger partial charge is 0.206 e. The standard InChI is InChI=1S/C35H40N4O5/c1-35(42)32(41)31(22-40)44-33(35)39-29-13-7-6-12-28(29)38-34(39)37-21-23-14-15-27(30(18-23)43-17-9-8-16-36-2)26-19-24-10-4-3-5-11-25(24)20-26/h3-7,10-15,18-20,31-33,36,40-42H,8-9,16-17,21-22H2,1-2H3,(H,37,38)/t31-,32-,33-,35?/m1/s1. The van der Waals surface area contributed by atoms with E-state index in [0.717, 1.165) is 47.3 Å². The van der Waals surface area contributed by atoms with E-state index in [0.29, 0.717) is 24.6 Å². The fourth-order valence-corrected chi connectivity index (χ4v) is 5.94. The highest BCUT2D eigenvalue weighted by molar-refractivity contribution is 5.83. The average Bonchev–Trinajstić information content (AvgIpc) is 3.61. The summed E-state index contributed by atoms with van der Waals surface area (Å²) in [7, 11) is 1.96. The van der Waals surface area contributed by atoms with Crippen LogP contribution in [0.2, 0.25) is 0 Å². The summed E-state index contributed by atoms with van der Waals surface area (Å²) in [5.41, 5.74) is 5.29. The Labute approximate surface area is 257 Å². The molecule has 230 valence electrons. The predicted molar refractivity (Wildman–Crippen MR) is 172 cm³/mol. The summed E-state index contributed by atoms with van der Waals surface area (Å²) >= 11 is 0. The molecule has 1 aromatic heterocycles. The van der Waals surface area contributed by atoms with Gasteiger partial charge in [0.25, 0.3) is 0 Å². The maximum atomic E-state index is 11.3. The Morgan fingerprint density at radius 1 is 0.955 bits per heavy atom. The van der Waals surface area contributed by atoms with Crippen LogP contribution in [0.15, 0.2) is 84.9 Å². The lowest BCUT2D eigenvalue weighted by Gasteiger charge is -2.29. The molecule has 1 fully saturated rings. The van der Waals surface area contributed by atoms with E-state index in [4.69, 9.17) is 14.5 Å². The molecule has 0 spiro atoms. The van der Waals surface area contributed by atoms with Crippen molar-refractivity contribution in [3.63, 3.8) is 0 Å². The quantitative estimate of drug-likeness (QED) is 0.130. The first-order chi connectivity index (χ1) is 21.4. The van der Waals surface area contributed by atoms with Crippen LogP contribution in [0.25, 0.3) is 33.3 Å². The van der Waals surface area contributed by atoms with Crippen molar-refractivity contribution in [2.24, 2.45) is 0 Å². The van der Waals surface area contributed by atoms with Crippen LogP contribution in [0.5, 0.6) is 5.75 Å². The largest absolute Gasteiger partial charge is 0.493 e. The fourth-order valence-electron chi connectivity index (χ4n) is 5.94. The van der Waals surface area contributed by atoms with Gasteiger partial charge >= 0.3 is 0 Å². The van der Waals surface area contributed by atoms with Crippen LogP contribution in [0.1, 0.15) is 31.6 Å². The molecule has 0 saturated carbocycles. The summed E-state index contributed by atoms with van der Waals surface area (Å²) in [5.74, 6) is 1.30. The van der Waals surface area contributed by atoms with Crippen molar-refractivity contribution in [1.82, 2.24) is 14.9 Å². The van der Waals surface area contributed by atoms with Gasteiger partial charge in [-0.3, -0.25) is 4.57 Å². The van der Waals surface area contributed by atoms with E-state index in [1.807, 2.05) is 49.5 Å². The van der Waals surface area contributed by atoms with Crippen molar-refractivity contribution < 1.29 is 24.8 Å². The molecular weight excluding hydrogens is 556 g/mol. The Bertz CT molecular complexity index is 1650. The first-order valence-electron chi connectivity index (χ1n) is 15.2. The number of anilines is 1. The molecule has 1 aliphatic heterocycles. The zero-order valence-electron chi connectivity index (χ0n) is 25.1. The number of imidazole rings is 1. The molecule has 9 nitrogen and oxygen atoms in total. The highest BCUT2D eigenvalue weighted by atomic mass is 16.6. The van der Waals surface area contributed by atoms with Crippen LogP contribution < -0.4 is 15.4 Å². The summed E-state index contributed by atoms with van der Waals surface area (Å²) in [4.78, 5) is 4.79. The Balaban J connectivity index is 1.30. The zero-order chi connectivity index (χ0) is 30.7. The second-order valence-electron chi connectivity index (χ2n) is 11.6. The number of rotatable bonds is 12. The molecule has 3 aromatic rings. The summed E-state index contributed by atoms with van der Waals surface area (Å²) in [6.07, 6.45) is -1.18. The van der Waals surface area contributed by atoms with Crippen LogP contribution in [0.4, 0.5) is 5.95 Å². The molecule has 0 bridgehead atoms. The highest BCUT2D eigenvalue weighted by Crippen LogP contribution is 2.42. The van der Waals surface area contributed by atoms with Crippen molar-refractivity contribution in [2.45, 2.75) is 50.3 Å². The number of nitrogens with one attached hydrogen (secondary N) is 2. The molecule has 4 atom stereocenters. The van der Waals surface area contributed by atoms with Crippen LogP contribution >= 0.6 is 0 Å². The third kappa shape index (κ3) is 5.89. The second kappa shape index (κ2) is 12.9. The third-order valence-electron chi connectivity index (χ3n) is 8.38. The molecule has 0 radical (unpaired) electrons. The van der Waals surface area contributed by atoms with Crippen LogP contribution in [-0.4, -0.2) is 69.5 Å². The maximum absolute atomic E-state index is 11.3. The molecular formula is C35H40N4O5. The van der Waals surface area contributed by atoms with Gasteiger partial charge in [-0.15, -0.1) is 0 Å². The predicted octanol–water partition coefficient (Wildman–Crippen LogP) is 4.80. The van der Waals surface area contributed by atoms with Gasteiger partial charge in [0.1, 0.15) is 23.6 Å². The number of para-hydroxylation sites is 2. The molecule has 2 aliphatic carbocycles. The minimum absolute atomic E-state index is 0.412. The van der Waals surface area contributed by atoms with E-state index in [-0.39, 0.29) is 0 Å². The zero-order valence-corrected chi connectivity index (χ0v) is 25.1. The van der Waals surface area contributed by atoms with Crippen molar-refractivity contribution in [1.29, 1.82) is 0 Å². The first kappa shape index (κ1) is 30.1. The molecule has 6 rings (SSSR count). The fraction of sp³-hybridized carbons (Fsp3) is 0.343. The lowest BCUT2D eigenvalue weighted by atomic mass is 9.96. The minimum atomic E-state index is -1.65. The Hall–Kier alpha value is -3.99. The number of unbranched alkanes of at least 4 members (excludes halogenated alkanes) is 1. The normalized spacial score (nSPS) is 21.7. The summed E-state index contributed by atoms with van der Waals surface area (Å²) in [6.45, 7) is 3.09. The van der Waals surface area contributed by atoms with Crippen LogP contribution in [-0.2, 0) is 11.3 Å². The van der Waals surface area contributed by atoms with Crippen molar-refractivity contribution >= 4 is 17.0 Å². The number of nitrogens with zero attached hydrogens (tertiary/aromatic N) is 2. The average molecular weight is 597 g/mol. The Kier molecular flexibility index (Phi) is 8.83. The maximum Gasteiger partial charge on any atom is 0.206 e. The van der Waals surface area contributed by atoms with Crippen LogP contribution in [0, 0.1) is 0 Å². The van der Waals surface area contributed by atoms with Gasteiger partial charge in [-0.05, 0) is 85.9 Å². The van der Waals surface area contributed by atoms with E-state index >= 15 is 0 Å². The number of aliphatic hydroxyl groups excluding tert-OH is 2. The van der Waals surface area contributed by atoms with Gasteiger partial charge in [-0.2, -0.15) is 0 Å². The van der Waals surface area contributed by atoms with E-state index < -0.39 is 30.6 Å². The molecule has 1 saturated heterocycles. The second-order valence-corrected chi connectivity index (χ2v) is 11.6. The SMILES string of the molecule is CNCCCCOc1cc(CNc2nc3ccccc3n2[C@@H]2O[C@H](CO)[C@@H](O)C2(C)O)ccc1-c1cc2cccccc-2c1. The summed E-state index contributed by atoms with van der Waals surface area (Å²) < 4.78 is 14.1. The minimum Gasteiger partial charge on any atom is -0.493 e. The molecule has 5 N–H and O–H groups in total. The van der Waals surface area contributed by atoms with Crippen molar-refractivity contribution in [2.75, 3.05) is 32.1 Å². The van der Waals surface area contributed by atoms with Crippen molar-refractivity contribution in [3.05, 3.63) is 90.5 Å². The van der Waals surface area contributed by atoms with Crippen molar-refractivity contribution in [3.8, 4) is 28.0 Å². The van der Waals surface area contributed by atoms with Crippen LogP contribution in [0.3, 0.4) is 0 Å². The van der Waals surface area contributed by atoms with E-state index in [1.165, 1.54) is 18.1 Å². The number of hydrogen-bond donors (Lipinski definition) is 5. The molecule has 2 aromatic carbocycles. The van der Waals surface area contributed by atoms with Gasteiger partial charge in [0.2, 0.25) is 5.95 Å². The lowest BCUT2D eigenvalue weighted by molar-refractivity contribution is -0.0939. The third-order valence-corrected chi connectivity index (χ3v) is 8.38. The summed E-state index contributed by atoms with van der Waals surface area (Å²) in [6, 6.07) is 28.6. The number of ether oxygens (including phenoxy) is 2. The molecule has 1 unspecified atom stereocenters. The van der Waals surface area contributed by atoms with Gasteiger partial charge in [0.05, 0.1) is 24.2 Å². The van der Waals surface area contributed by atoms with Gasteiger partial charge in [0, 0.05) is 12.1 Å².